The van der Waals surface area contributed by atoms with Gasteiger partial charge in [-0.3, -0.25) is 14.6 Å². The number of carbonyl (C=O) groups excluding carboxylic acids is 2. The Hall–Kier alpha value is -3.47. The van der Waals surface area contributed by atoms with Gasteiger partial charge < -0.3 is 10.6 Å². The molecular formula is C22H21N3O2. The second-order valence-electron chi connectivity index (χ2n) is 6.37. The van der Waals surface area contributed by atoms with Gasteiger partial charge >= 0.3 is 0 Å². The fourth-order valence-electron chi connectivity index (χ4n) is 2.57. The Kier molecular flexibility index (Phi) is 5.61. The van der Waals surface area contributed by atoms with E-state index in [0.29, 0.717) is 23.4 Å². The number of hydrogen-bond donors (Lipinski definition) is 2. The van der Waals surface area contributed by atoms with Gasteiger partial charge in [0.05, 0.1) is 5.56 Å². The first-order valence-corrected chi connectivity index (χ1v) is 8.69. The van der Waals surface area contributed by atoms with Crippen LogP contribution in [0.15, 0.2) is 67.0 Å². The Bertz CT molecular complexity index is 951. The molecule has 0 saturated carbocycles. The van der Waals surface area contributed by atoms with E-state index in [1.165, 1.54) is 6.20 Å². The predicted octanol–water partition coefficient (Wildman–Crippen LogP) is 3.88. The van der Waals surface area contributed by atoms with E-state index in [-0.39, 0.29) is 11.8 Å². The summed E-state index contributed by atoms with van der Waals surface area (Å²) in [4.78, 5) is 28.3. The van der Waals surface area contributed by atoms with Crippen LogP contribution in [-0.4, -0.2) is 16.8 Å². The van der Waals surface area contributed by atoms with E-state index >= 15 is 0 Å². The Labute approximate surface area is 158 Å². The predicted molar refractivity (Wildman–Crippen MR) is 106 cm³/mol. The highest BCUT2D eigenvalue weighted by Gasteiger charge is 2.08. The Morgan fingerprint density at radius 2 is 1.67 bits per heavy atom. The lowest BCUT2D eigenvalue weighted by Gasteiger charge is -2.09. The third-order valence-corrected chi connectivity index (χ3v) is 4.36. The fraction of sp³-hybridized carbons (Fsp3) is 0.136. The van der Waals surface area contributed by atoms with Crippen LogP contribution in [0, 0.1) is 13.8 Å². The fourth-order valence-corrected chi connectivity index (χ4v) is 2.57. The van der Waals surface area contributed by atoms with Crippen LogP contribution in [-0.2, 0) is 6.54 Å². The SMILES string of the molecule is Cc1ccc(C(=O)NCc2ccc(NC(=O)c3cccnc3)cc2)cc1C. The molecule has 2 N–H and O–H groups in total. The lowest BCUT2D eigenvalue weighted by Crippen LogP contribution is -2.22. The second-order valence-corrected chi connectivity index (χ2v) is 6.37. The molecule has 136 valence electrons. The Morgan fingerprint density at radius 1 is 0.889 bits per heavy atom. The molecule has 0 atom stereocenters. The molecule has 0 saturated heterocycles. The number of rotatable bonds is 5. The van der Waals surface area contributed by atoms with Crippen molar-refractivity contribution in [3.63, 3.8) is 0 Å². The average molecular weight is 359 g/mol. The van der Waals surface area contributed by atoms with Crippen molar-refractivity contribution in [3.05, 3.63) is 94.8 Å². The van der Waals surface area contributed by atoms with Crippen molar-refractivity contribution in [1.29, 1.82) is 0 Å². The van der Waals surface area contributed by atoms with Crippen molar-refractivity contribution in [2.75, 3.05) is 5.32 Å². The summed E-state index contributed by atoms with van der Waals surface area (Å²) >= 11 is 0. The first-order valence-electron chi connectivity index (χ1n) is 8.69. The number of hydrogen-bond acceptors (Lipinski definition) is 3. The van der Waals surface area contributed by atoms with Gasteiger partial charge in [-0.2, -0.15) is 0 Å². The van der Waals surface area contributed by atoms with Crippen molar-refractivity contribution in [3.8, 4) is 0 Å². The van der Waals surface area contributed by atoms with Gasteiger partial charge in [-0.05, 0) is 66.9 Å². The van der Waals surface area contributed by atoms with E-state index in [2.05, 4.69) is 15.6 Å². The molecule has 0 spiro atoms. The monoisotopic (exact) mass is 359 g/mol. The molecule has 0 bridgehead atoms. The summed E-state index contributed by atoms with van der Waals surface area (Å²) in [6.07, 6.45) is 3.14. The molecule has 0 radical (unpaired) electrons. The molecule has 5 nitrogen and oxygen atoms in total. The molecule has 3 rings (SSSR count). The zero-order chi connectivity index (χ0) is 19.2. The summed E-state index contributed by atoms with van der Waals surface area (Å²) in [6.45, 7) is 4.43. The molecule has 0 aliphatic heterocycles. The van der Waals surface area contributed by atoms with E-state index < -0.39 is 0 Å². The maximum absolute atomic E-state index is 12.3. The van der Waals surface area contributed by atoms with Gasteiger partial charge in [0, 0.05) is 30.2 Å². The smallest absolute Gasteiger partial charge is 0.257 e. The maximum Gasteiger partial charge on any atom is 0.257 e. The number of nitrogens with zero attached hydrogens (tertiary/aromatic N) is 1. The number of nitrogens with one attached hydrogen (secondary N) is 2. The quantitative estimate of drug-likeness (QED) is 0.726. The highest BCUT2D eigenvalue weighted by molar-refractivity contribution is 6.04. The number of amides is 2. The number of pyridine rings is 1. The zero-order valence-corrected chi connectivity index (χ0v) is 15.3. The first kappa shape index (κ1) is 18.3. The molecular weight excluding hydrogens is 338 g/mol. The van der Waals surface area contributed by atoms with E-state index in [1.807, 2.05) is 56.3 Å². The van der Waals surface area contributed by atoms with Crippen LogP contribution in [0.25, 0.3) is 0 Å². The molecule has 2 aromatic carbocycles. The minimum Gasteiger partial charge on any atom is -0.348 e. The first-order chi connectivity index (χ1) is 13.0. The summed E-state index contributed by atoms with van der Waals surface area (Å²) < 4.78 is 0. The lowest BCUT2D eigenvalue weighted by molar-refractivity contribution is 0.0950. The van der Waals surface area contributed by atoms with Gasteiger partial charge in [0.2, 0.25) is 0 Å². The highest BCUT2D eigenvalue weighted by Crippen LogP contribution is 2.12. The van der Waals surface area contributed by atoms with Gasteiger partial charge in [0.15, 0.2) is 0 Å². The van der Waals surface area contributed by atoms with Gasteiger partial charge in [-0.25, -0.2) is 0 Å². The molecule has 5 heteroatoms. The van der Waals surface area contributed by atoms with Crippen molar-refractivity contribution in [1.82, 2.24) is 10.3 Å². The minimum absolute atomic E-state index is 0.105. The Morgan fingerprint density at radius 3 is 2.33 bits per heavy atom. The molecule has 1 aromatic heterocycles. The van der Waals surface area contributed by atoms with E-state index in [9.17, 15) is 9.59 Å². The minimum atomic E-state index is -0.209. The second kappa shape index (κ2) is 8.27. The molecule has 27 heavy (non-hydrogen) atoms. The summed E-state index contributed by atoms with van der Waals surface area (Å²) in [5.74, 6) is -0.314. The lowest BCUT2D eigenvalue weighted by atomic mass is 10.1. The molecule has 1 heterocycles. The number of carbonyl (C=O) groups is 2. The van der Waals surface area contributed by atoms with Crippen molar-refractivity contribution in [2.45, 2.75) is 20.4 Å². The molecule has 2 amide bonds. The van der Waals surface area contributed by atoms with Crippen LogP contribution in [0.3, 0.4) is 0 Å². The van der Waals surface area contributed by atoms with Crippen LogP contribution in [0.5, 0.6) is 0 Å². The normalized spacial score (nSPS) is 10.3. The molecule has 3 aromatic rings. The van der Waals surface area contributed by atoms with Gasteiger partial charge in [0.1, 0.15) is 0 Å². The molecule has 0 unspecified atom stereocenters. The zero-order valence-electron chi connectivity index (χ0n) is 15.3. The third kappa shape index (κ3) is 4.79. The van der Waals surface area contributed by atoms with E-state index in [0.717, 1.165) is 16.7 Å². The summed E-state index contributed by atoms with van der Waals surface area (Å²) in [6, 6.07) is 16.5. The summed E-state index contributed by atoms with van der Waals surface area (Å²) in [5, 5.41) is 5.73. The third-order valence-electron chi connectivity index (χ3n) is 4.36. The van der Waals surface area contributed by atoms with Crippen LogP contribution < -0.4 is 10.6 Å². The van der Waals surface area contributed by atoms with Crippen LogP contribution in [0.1, 0.15) is 37.4 Å². The van der Waals surface area contributed by atoms with Gasteiger partial charge in [-0.15, -0.1) is 0 Å². The largest absolute Gasteiger partial charge is 0.348 e. The van der Waals surface area contributed by atoms with Crippen molar-refractivity contribution >= 4 is 17.5 Å². The number of benzene rings is 2. The number of aromatic nitrogens is 1. The molecule has 0 fully saturated rings. The van der Waals surface area contributed by atoms with Crippen molar-refractivity contribution in [2.24, 2.45) is 0 Å². The summed E-state index contributed by atoms with van der Waals surface area (Å²) in [5.41, 5.74) is 5.05. The number of aryl methyl sites for hydroxylation is 2. The Balaban J connectivity index is 1.56. The van der Waals surface area contributed by atoms with Crippen LogP contribution in [0.4, 0.5) is 5.69 Å². The van der Waals surface area contributed by atoms with Gasteiger partial charge in [0.25, 0.3) is 11.8 Å². The van der Waals surface area contributed by atoms with Crippen LogP contribution in [0.2, 0.25) is 0 Å². The highest BCUT2D eigenvalue weighted by atomic mass is 16.2. The van der Waals surface area contributed by atoms with Crippen molar-refractivity contribution < 1.29 is 9.59 Å². The summed E-state index contributed by atoms with van der Waals surface area (Å²) in [7, 11) is 0. The van der Waals surface area contributed by atoms with Crippen LogP contribution >= 0.6 is 0 Å². The topological polar surface area (TPSA) is 71.1 Å². The number of anilines is 1. The molecule has 0 aliphatic rings. The van der Waals surface area contributed by atoms with Gasteiger partial charge in [-0.1, -0.05) is 18.2 Å². The molecule has 0 aliphatic carbocycles. The standard InChI is InChI=1S/C22H21N3O2/c1-15-5-8-18(12-16(15)2)21(26)24-13-17-6-9-20(10-7-17)25-22(27)19-4-3-11-23-14-19/h3-12,14H,13H2,1-2H3,(H,24,26)(H,25,27). The van der Waals surface area contributed by atoms with E-state index in [4.69, 9.17) is 0 Å². The maximum atomic E-state index is 12.3. The van der Waals surface area contributed by atoms with E-state index in [1.54, 1.807) is 18.3 Å². The average Bonchev–Trinajstić information content (AvgIpc) is 2.70.